The van der Waals surface area contributed by atoms with Gasteiger partial charge in [0, 0.05) is 6.20 Å². The second-order valence-corrected chi connectivity index (χ2v) is 5.06. The van der Waals surface area contributed by atoms with Crippen molar-refractivity contribution in [1.82, 2.24) is 10.4 Å². The molecule has 1 atom stereocenters. The number of nitrogens with two attached hydrogens (primary N) is 1. The molecule has 3 N–H and O–H groups in total. The Hall–Kier alpha value is -1.43. The van der Waals surface area contributed by atoms with Gasteiger partial charge in [-0.15, -0.1) is 0 Å². The van der Waals surface area contributed by atoms with E-state index < -0.39 is 0 Å². The fraction of sp³-hybridized carbons (Fsp3) is 0.308. The van der Waals surface area contributed by atoms with Crippen LogP contribution in [0.3, 0.4) is 0 Å². The molecule has 18 heavy (non-hydrogen) atoms. The third kappa shape index (κ3) is 3.07. The van der Waals surface area contributed by atoms with E-state index in [1.807, 2.05) is 31.4 Å². The van der Waals surface area contributed by atoms with Gasteiger partial charge in [-0.1, -0.05) is 0 Å². The number of pyridine rings is 1. The average molecular weight is 263 g/mol. The minimum atomic E-state index is -0.0561. The Bertz CT molecular complexity index is 485. The maximum Gasteiger partial charge on any atom is 0.138 e. The number of hydrogen-bond donors (Lipinski definition) is 2. The van der Waals surface area contributed by atoms with Crippen molar-refractivity contribution in [1.29, 1.82) is 0 Å². The number of hydrazine groups is 1. The molecule has 0 aliphatic rings. The van der Waals surface area contributed by atoms with Crippen LogP contribution in [0.1, 0.15) is 31.0 Å². The Morgan fingerprint density at radius 3 is 2.78 bits per heavy atom. The molecule has 5 heteroatoms. The van der Waals surface area contributed by atoms with Crippen LogP contribution in [0.4, 0.5) is 0 Å². The summed E-state index contributed by atoms with van der Waals surface area (Å²) >= 11 is 1.65. The fourth-order valence-corrected chi connectivity index (χ4v) is 2.44. The van der Waals surface area contributed by atoms with E-state index in [0.29, 0.717) is 0 Å². The van der Waals surface area contributed by atoms with Crippen molar-refractivity contribution in [2.75, 3.05) is 0 Å². The van der Waals surface area contributed by atoms with Gasteiger partial charge in [-0.2, -0.15) is 11.3 Å². The summed E-state index contributed by atoms with van der Waals surface area (Å²) in [7, 11) is 0. The number of rotatable bonds is 5. The predicted octanol–water partition coefficient (Wildman–Crippen LogP) is 2.48. The highest BCUT2D eigenvalue weighted by molar-refractivity contribution is 7.08. The summed E-state index contributed by atoms with van der Waals surface area (Å²) in [5.74, 6) is 6.40. The Morgan fingerprint density at radius 1 is 1.33 bits per heavy atom. The first-order valence-corrected chi connectivity index (χ1v) is 6.75. The number of nitrogens with zero attached hydrogens (tertiary/aromatic N) is 1. The van der Waals surface area contributed by atoms with E-state index in [1.54, 1.807) is 23.7 Å². The first-order chi connectivity index (χ1) is 8.70. The molecule has 0 aromatic carbocycles. The highest BCUT2D eigenvalue weighted by Crippen LogP contribution is 2.25. The number of aromatic nitrogens is 1. The third-order valence-corrected chi connectivity index (χ3v) is 3.18. The van der Waals surface area contributed by atoms with Crippen LogP contribution < -0.4 is 16.0 Å². The van der Waals surface area contributed by atoms with E-state index in [1.165, 1.54) is 0 Å². The summed E-state index contributed by atoms with van der Waals surface area (Å²) in [6.45, 7) is 3.98. The van der Waals surface area contributed by atoms with Crippen LogP contribution in [0.15, 0.2) is 35.3 Å². The lowest BCUT2D eigenvalue weighted by Crippen LogP contribution is -2.28. The maximum absolute atomic E-state index is 5.64. The molecule has 0 fully saturated rings. The number of hydrogen-bond acceptors (Lipinski definition) is 5. The minimum Gasteiger partial charge on any atom is -0.489 e. The largest absolute Gasteiger partial charge is 0.489 e. The first-order valence-electron chi connectivity index (χ1n) is 5.80. The normalized spacial score (nSPS) is 12.7. The minimum absolute atomic E-state index is 0.0561. The molecule has 4 nitrogen and oxygen atoms in total. The summed E-state index contributed by atoms with van der Waals surface area (Å²) < 4.78 is 5.64. The molecule has 0 aliphatic heterocycles. The summed E-state index contributed by atoms with van der Waals surface area (Å²) in [6.07, 6.45) is 3.65. The second kappa shape index (κ2) is 5.95. The zero-order chi connectivity index (χ0) is 13.0. The van der Waals surface area contributed by atoms with Crippen molar-refractivity contribution in [2.45, 2.75) is 26.0 Å². The molecule has 1 unspecified atom stereocenters. The van der Waals surface area contributed by atoms with Crippen LogP contribution in [0.25, 0.3) is 0 Å². The number of nitrogens with one attached hydrogen (secondary N) is 1. The van der Waals surface area contributed by atoms with Crippen LogP contribution in [0.2, 0.25) is 0 Å². The topological polar surface area (TPSA) is 60.2 Å². The lowest BCUT2D eigenvalue weighted by atomic mass is 10.0. The summed E-state index contributed by atoms with van der Waals surface area (Å²) in [6, 6.07) is 3.96. The number of ether oxygens (including phenoxy) is 1. The van der Waals surface area contributed by atoms with Gasteiger partial charge < -0.3 is 4.74 Å². The molecular weight excluding hydrogens is 246 g/mol. The van der Waals surface area contributed by atoms with E-state index in [9.17, 15) is 0 Å². The van der Waals surface area contributed by atoms with Crippen molar-refractivity contribution in [3.05, 3.63) is 46.4 Å². The molecular formula is C13H17N3OS. The standard InChI is InChI=1S/C13H17N3OS/c1-9(2)17-12-5-11(6-15-7-12)13(16-14)10-3-4-18-8-10/h3-9,13,16H,14H2,1-2H3. The van der Waals surface area contributed by atoms with Gasteiger partial charge >= 0.3 is 0 Å². The summed E-state index contributed by atoms with van der Waals surface area (Å²) in [5, 5.41) is 4.10. The first kappa shape index (κ1) is 13.0. The van der Waals surface area contributed by atoms with E-state index in [-0.39, 0.29) is 12.1 Å². The Morgan fingerprint density at radius 2 is 2.17 bits per heavy atom. The van der Waals surface area contributed by atoms with Crippen molar-refractivity contribution in [2.24, 2.45) is 5.84 Å². The van der Waals surface area contributed by atoms with Gasteiger partial charge in [0.25, 0.3) is 0 Å². The van der Waals surface area contributed by atoms with Gasteiger partial charge in [-0.25, -0.2) is 5.43 Å². The lowest BCUT2D eigenvalue weighted by Gasteiger charge is -2.16. The molecule has 2 aromatic rings. The van der Waals surface area contributed by atoms with Gasteiger partial charge in [-0.3, -0.25) is 10.8 Å². The summed E-state index contributed by atoms with van der Waals surface area (Å²) in [4.78, 5) is 4.20. The molecule has 0 radical (unpaired) electrons. The monoisotopic (exact) mass is 263 g/mol. The van der Waals surface area contributed by atoms with E-state index >= 15 is 0 Å². The lowest BCUT2D eigenvalue weighted by molar-refractivity contribution is 0.241. The van der Waals surface area contributed by atoms with Gasteiger partial charge in [0.15, 0.2) is 0 Å². The van der Waals surface area contributed by atoms with Crippen molar-refractivity contribution < 1.29 is 4.74 Å². The van der Waals surface area contributed by atoms with Gasteiger partial charge in [0.05, 0.1) is 18.3 Å². The van der Waals surface area contributed by atoms with E-state index in [0.717, 1.165) is 16.9 Å². The van der Waals surface area contributed by atoms with Crippen molar-refractivity contribution in [3.8, 4) is 5.75 Å². The second-order valence-electron chi connectivity index (χ2n) is 4.28. The maximum atomic E-state index is 5.64. The van der Waals surface area contributed by atoms with E-state index in [2.05, 4.69) is 15.8 Å². The highest BCUT2D eigenvalue weighted by atomic mass is 32.1. The molecule has 0 saturated heterocycles. The smallest absolute Gasteiger partial charge is 0.138 e. The van der Waals surface area contributed by atoms with Crippen LogP contribution >= 0.6 is 11.3 Å². The zero-order valence-corrected chi connectivity index (χ0v) is 11.3. The Kier molecular flexibility index (Phi) is 4.30. The third-order valence-electron chi connectivity index (χ3n) is 2.48. The van der Waals surface area contributed by atoms with Crippen LogP contribution in [0, 0.1) is 0 Å². The highest BCUT2D eigenvalue weighted by Gasteiger charge is 2.14. The van der Waals surface area contributed by atoms with Gasteiger partial charge in [0.2, 0.25) is 0 Å². The molecule has 2 aromatic heterocycles. The molecule has 96 valence electrons. The van der Waals surface area contributed by atoms with Crippen LogP contribution in [0.5, 0.6) is 5.75 Å². The SMILES string of the molecule is CC(C)Oc1cncc(C(NN)c2ccsc2)c1. The van der Waals surface area contributed by atoms with Crippen molar-refractivity contribution in [3.63, 3.8) is 0 Å². The average Bonchev–Trinajstić information content (AvgIpc) is 2.83. The van der Waals surface area contributed by atoms with Crippen molar-refractivity contribution >= 4 is 11.3 Å². The van der Waals surface area contributed by atoms with Crippen LogP contribution in [-0.4, -0.2) is 11.1 Å². The molecule has 0 amide bonds. The van der Waals surface area contributed by atoms with Gasteiger partial charge in [-0.05, 0) is 47.9 Å². The molecule has 2 rings (SSSR count). The quantitative estimate of drug-likeness (QED) is 0.642. The molecule has 0 aliphatic carbocycles. The fourth-order valence-electron chi connectivity index (χ4n) is 1.75. The number of thiophene rings is 1. The predicted molar refractivity (Wildman–Crippen MR) is 73.5 cm³/mol. The van der Waals surface area contributed by atoms with Crippen LogP contribution in [-0.2, 0) is 0 Å². The molecule has 0 bridgehead atoms. The summed E-state index contributed by atoms with van der Waals surface area (Å²) in [5.41, 5.74) is 4.94. The van der Waals surface area contributed by atoms with Gasteiger partial charge in [0.1, 0.15) is 5.75 Å². The Balaban J connectivity index is 2.26. The Labute approximate surface area is 111 Å². The molecule has 0 saturated carbocycles. The zero-order valence-electron chi connectivity index (χ0n) is 10.5. The van der Waals surface area contributed by atoms with E-state index in [4.69, 9.17) is 10.6 Å². The molecule has 2 heterocycles. The molecule has 0 spiro atoms.